The van der Waals surface area contributed by atoms with Gasteiger partial charge in [-0.2, -0.15) is 0 Å². The number of imidazole rings is 1. The quantitative estimate of drug-likeness (QED) is 0.868. The van der Waals surface area contributed by atoms with Gasteiger partial charge in [0.15, 0.2) is 0 Å². The van der Waals surface area contributed by atoms with Crippen LogP contribution >= 0.6 is 0 Å². The third-order valence-corrected chi connectivity index (χ3v) is 5.47. The third kappa shape index (κ3) is 2.59. The zero-order valence-electron chi connectivity index (χ0n) is 13.4. The van der Waals surface area contributed by atoms with E-state index in [9.17, 15) is 0 Å². The monoisotopic (exact) mass is 313 g/mol. The minimum atomic E-state index is 0.542. The molecule has 0 aromatic carbocycles. The van der Waals surface area contributed by atoms with Gasteiger partial charge in [-0.05, 0) is 44.9 Å². The van der Waals surface area contributed by atoms with Gasteiger partial charge in [0.1, 0.15) is 0 Å². The summed E-state index contributed by atoms with van der Waals surface area (Å²) in [6.07, 6.45) is 10.6. The summed E-state index contributed by atoms with van der Waals surface area (Å²) >= 11 is 0. The van der Waals surface area contributed by atoms with Crippen molar-refractivity contribution in [1.82, 2.24) is 24.6 Å². The number of fused-ring (bicyclic) bond motifs is 1. The lowest BCUT2D eigenvalue weighted by atomic mass is 10.0. The zero-order valence-corrected chi connectivity index (χ0v) is 13.4. The highest BCUT2D eigenvalue weighted by Crippen LogP contribution is 2.39. The second kappa shape index (κ2) is 5.44. The van der Waals surface area contributed by atoms with Crippen molar-refractivity contribution < 1.29 is 4.42 Å². The summed E-state index contributed by atoms with van der Waals surface area (Å²) in [5.74, 6) is 2.17. The normalized spacial score (nSPS) is 25.0. The highest BCUT2D eigenvalue weighted by Gasteiger charge is 2.31. The molecular weight excluding hydrogens is 290 g/mol. The van der Waals surface area contributed by atoms with E-state index in [1.165, 1.54) is 49.9 Å². The molecule has 0 N–H and O–H groups in total. The molecule has 0 amide bonds. The number of aromatic nitrogens is 4. The Kier molecular flexibility index (Phi) is 3.25. The van der Waals surface area contributed by atoms with Crippen molar-refractivity contribution in [3.05, 3.63) is 29.5 Å². The van der Waals surface area contributed by atoms with Crippen LogP contribution in [0.5, 0.6) is 0 Å². The van der Waals surface area contributed by atoms with Crippen LogP contribution in [-0.4, -0.2) is 37.7 Å². The molecule has 1 saturated carbocycles. The van der Waals surface area contributed by atoms with Gasteiger partial charge < -0.3 is 8.98 Å². The molecule has 2 aromatic rings. The zero-order chi connectivity index (χ0) is 15.2. The summed E-state index contributed by atoms with van der Waals surface area (Å²) in [4.78, 5) is 7.08. The van der Waals surface area contributed by atoms with E-state index in [0.29, 0.717) is 12.0 Å². The Balaban J connectivity index is 1.26. The summed E-state index contributed by atoms with van der Waals surface area (Å²) in [6.45, 7) is 2.94. The summed E-state index contributed by atoms with van der Waals surface area (Å²) in [5.41, 5.74) is 2.82. The van der Waals surface area contributed by atoms with Crippen LogP contribution in [0.4, 0.5) is 0 Å². The number of hydrogen-bond donors (Lipinski definition) is 0. The first-order valence-electron chi connectivity index (χ1n) is 8.96. The Hall–Kier alpha value is -1.69. The molecule has 122 valence electrons. The molecule has 23 heavy (non-hydrogen) atoms. The van der Waals surface area contributed by atoms with E-state index < -0.39 is 0 Å². The average molecular weight is 313 g/mol. The van der Waals surface area contributed by atoms with E-state index in [1.807, 2.05) is 0 Å². The number of rotatable bonds is 4. The van der Waals surface area contributed by atoms with E-state index >= 15 is 0 Å². The first-order valence-corrected chi connectivity index (χ1v) is 8.96. The van der Waals surface area contributed by atoms with Gasteiger partial charge in [-0.1, -0.05) is 0 Å². The van der Waals surface area contributed by atoms with Gasteiger partial charge in [-0.15, -0.1) is 10.2 Å². The molecule has 2 fully saturated rings. The summed E-state index contributed by atoms with van der Waals surface area (Å²) < 4.78 is 8.25. The van der Waals surface area contributed by atoms with Crippen molar-refractivity contribution in [3.63, 3.8) is 0 Å². The van der Waals surface area contributed by atoms with Crippen LogP contribution in [0.2, 0.25) is 0 Å². The Morgan fingerprint density at radius 1 is 1.13 bits per heavy atom. The second-order valence-electron chi connectivity index (χ2n) is 7.24. The van der Waals surface area contributed by atoms with Gasteiger partial charge in [-0.3, -0.25) is 4.90 Å². The topological polar surface area (TPSA) is 60.0 Å². The molecule has 1 atom stereocenters. The molecule has 2 aromatic heterocycles. The molecule has 0 radical (unpaired) electrons. The molecule has 2 aliphatic carbocycles. The van der Waals surface area contributed by atoms with Gasteiger partial charge in [-0.25, -0.2) is 4.98 Å². The van der Waals surface area contributed by atoms with Crippen molar-refractivity contribution in [3.8, 4) is 0 Å². The largest absolute Gasteiger partial charge is 0.424 e. The molecule has 0 spiro atoms. The number of likely N-dealkylation sites (tertiary alicyclic amines) is 1. The Labute approximate surface area is 135 Å². The minimum Gasteiger partial charge on any atom is -0.424 e. The van der Waals surface area contributed by atoms with Crippen LogP contribution in [0.3, 0.4) is 0 Å². The smallest absolute Gasteiger partial charge is 0.230 e. The number of hydrogen-bond acceptors (Lipinski definition) is 5. The van der Waals surface area contributed by atoms with Crippen molar-refractivity contribution in [2.75, 3.05) is 13.1 Å². The van der Waals surface area contributed by atoms with Crippen LogP contribution < -0.4 is 0 Å². The SMILES string of the molecule is c1nc2c(n1C1CCN(Cc3nnc(C4CC4)o3)C1)CCCC2. The lowest BCUT2D eigenvalue weighted by Gasteiger charge is -2.19. The van der Waals surface area contributed by atoms with E-state index in [-0.39, 0.29) is 0 Å². The molecule has 1 unspecified atom stereocenters. The summed E-state index contributed by atoms with van der Waals surface area (Å²) in [5, 5.41) is 8.41. The fraction of sp³-hybridized carbons (Fsp3) is 0.706. The van der Waals surface area contributed by atoms with Crippen LogP contribution in [0.15, 0.2) is 10.7 Å². The van der Waals surface area contributed by atoms with E-state index in [0.717, 1.165) is 37.8 Å². The van der Waals surface area contributed by atoms with Gasteiger partial charge in [0.25, 0.3) is 0 Å². The maximum Gasteiger partial charge on any atom is 0.230 e. The van der Waals surface area contributed by atoms with Crippen molar-refractivity contribution >= 4 is 0 Å². The van der Waals surface area contributed by atoms with Gasteiger partial charge in [0, 0.05) is 30.7 Å². The van der Waals surface area contributed by atoms with Gasteiger partial charge >= 0.3 is 0 Å². The van der Waals surface area contributed by atoms with E-state index in [2.05, 4.69) is 31.0 Å². The molecule has 6 nitrogen and oxygen atoms in total. The minimum absolute atomic E-state index is 0.542. The predicted molar refractivity (Wildman–Crippen MR) is 84.1 cm³/mol. The first kappa shape index (κ1) is 13.7. The first-order chi connectivity index (χ1) is 11.4. The third-order valence-electron chi connectivity index (χ3n) is 5.47. The maximum atomic E-state index is 5.80. The van der Waals surface area contributed by atoms with E-state index in [4.69, 9.17) is 4.42 Å². The van der Waals surface area contributed by atoms with Crippen molar-refractivity contribution in [2.24, 2.45) is 0 Å². The lowest BCUT2D eigenvalue weighted by molar-refractivity contribution is 0.275. The van der Waals surface area contributed by atoms with Gasteiger partial charge in [0.2, 0.25) is 11.8 Å². The highest BCUT2D eigenvalue weighted by atomic mass is 16.4. The van der Waals surface area contributed by atoms with Crippen LogP contribution in [0, 0.1) is 0 Å². The number of aryl methyl sites for hydroxylation is 1. The van der Waals surface area contributed by atoms with Crippen LogP contribution in [-0.2, 0) is 19.4 Å². The fourth-order valence-electron chi connectivity index (χ4n) is 4.01. The molecule has 5 rings (SSSR count). The highest BCUT2D eigenvalue weighted by molar-refractivity contribution is 5.17. The Morgan fingerprint density at radius 2 is 2.04 bits per heavy atom. The lowest BCUT2D eigenvalue weighted by Crippen LogP contribution is -2.22. The average Bonchev–Trinajstić information content (AvgIpc) is 3.00. The Morgan fingerprint density at radius 3 is 2.96 bits per heavy atom. The molecule has 0 bridgehead atoms. The predicted octanol–water partition coefficient (Wildman–Crippen LogP) is 2.47. The summed E-state index contributed by atoms with van der Waals surface area (Å²) in [6, 6.07) is 0.551. The summed E-state index contributed by atoms with van der Waals surface area (Å²) in [7, 11) is 0. The van der Waals surface area contributed by atoms with Crippen LogP contribution in [0.1, 0.15) is 67.2 Å². The van der Waals surface area contributed by atoms with Crippen molar-refractivity contribution in [2.45, 2.75) is 63.5 Å². The maximum absolute atomic E-state index is 5.80. The fourth-order valence-corrected chi connectivity index (χ4v) is 4.01. The molecule has 3 aliphatic rings. The van der Waals surface area contributed by atoms with E-state index in [1.54, 1.807) is 0 Å². The molecular formula is C17H23N5O. The Bertz CT molecular complexity index is 702. The molecule has 3 heterocycles. The standard InChI is InChI=1S/C17H23N5O/c1-2-4-15-14(3-1)18-11-22(15)13-7-8-21(9-13)10-16-19-20-17(23-16)12-5-6-12/h11-13H,1-10H2. The van der Waals surface area contributed by atoms with Gasteiger partial charge in [0.05, 0.1) is 18.6 Å². The number of nitrogens with zero attached hydrogens (tertiary/aromatic N) is 5. The molecule has 1 saturated heterocycles. The van der Waals surface area contributed by atoms with Crippen LogP contribution in [0.25, 0.3) is 0 Å². The second-order valence-corrected chi connectivity index (χ2v) is 7.24. The molecule has 6 heteroatoms. The molecule has 1 aliphatic heterocycles. The van der Waals surface area contributed by atoms with Crippen molar-refractivity contribution in [1.29, 1.82) is 0 Å².